The van der Waals surface area contributed by atoms with E-state index in [-0.39, 0.29) is 12.2 Å². The summed E-state index contributed by atoms with van der Waals surface area (Å²) in [5.74, 6) is 0.383. The van der Waals surface area contributed by atoms with E-state index in [1.165, 1.54) is 0 Å². The third kappa shape index (κ3) is 2.11. The minimum atomic E-state index is -0.663. The molecule has 1 saturated heterocycles. The van der Waals surface area contributed by atoms with Crippen molar-refractivity contribution in [1.82, 2.24) is 4.98 Å². The van der Waals surface area contributed by atoms with Gasteiger partial charge in [0.15, 0.2) is 0 Å². The van der Waals surface area contributed by atoms with E-state index in [9.17, 15) is 5.11 Å². The SMILES string of the molecule is CC1CCC(C(O)c2cccnc2N)O1. The fraction of sp³-hybridized carbons (Fsp3) is 0.545. The molecule has 0 amide bonds. The Morgan fingerprint density at radius 3 is 3.00 bits per heavy atom. The first-order valence-electron chi connectivity index (χ1n) is 5.22. The number of nitrogen functional groups attached to an aromatic ring is 1. The van der Waals surface area contributed by atoms with Gasteiger partial charge in [0.1, 0.15) is 11.9 Å². The molecule has 1 aromatic rings. The van der Waals surface area contributed by atoms with E-state index < -0.39 is 6.10 Å². The van der Waals surface area contributed by atoms with Gasteiger partial charge in [0.2, 0.25) is 0 Å². The van der Waals surface area contributed by atoms with Crippen LogP contribution in [0.1, 0.15) is 31.4 Å². The average molecular weight is 208 g/mol. The van der Waals surface area contributed by atoms with Gasteiger partial charge in [-0.05, 0) is 25.8 Å². The van der Waals surface area contributed by atoms with E-state index in [0.717, 1.165) is 12.8 Å². The zero-order valence-electron chi connectivity index (χ0n) is 8.76. The Hall–Kier alpha value is -1.13. The topological polar surface area (TPSA) is 68.4 Å². The maximum Gasteiger partial charge on any atom is 0.129 e. The summed E-state index contributed by atoms with van der Waals surface area (Å²) in [6.45, 7) is 2.01. The molecule has 1 aliphatic rings. The fourth-order valence-corrected chi connectivity index (χ4v) is 1.95. The summed E-state index contributed by atoms with van der Waals surface area (Å²) in [6.07, 6.45) is 2.89. The molecule has 3 N–H and O–H groups in total. The molecule has 4 heteroatoms. The number of ether oxygens (including phenoxy) is 1. The van der Waals surface area contributed by atoms with Crippen LogP contribution in [0.2, 0.25) is 0 Å². The summed E-state index contributed by atoms with van der Waals surface area (Å²) in [5.41, 5.74) is 6.36. The molecule has 3 atom stereocenters. The van der Waals surface area contributed by atoms with E-state index in [1.54, 1.807) is 18.3 Å². The Labute approximate surface area is 89.1 Å². The van der Waals surface area contributed by atoms with Gasteiger partial charge in [0.25, 0.3) is 0 Å². The van der Waals surface area contributed by atoms with Crippen molar-refractivity contribution in [3.8, 4) is 0 Å². The van der Waals surface area contributed by atoms with Crippen molar-refractivity contribution >= 4 is 5.82 Å². The highest BCUT2D eigenvalue weighted by Crippen LogP contribution is 2.31. The van der Waals surface area contributed by atoms with Crippen LogP contribution in [0.25, 0.3) is 0 Å². The van der Waals surface area contributed by atoms with E-state index in [2.05, 4.69) is 4.98 Å². The van der Waals surface area contributed by atoms with Gasteiger partial charge in [-0.2, -0.15) is 0 Å². The van der Waals surface area contributed by atoms with Crippen molar-refractivity contribution < 1.29 is 9.84 Å². The smallest absolute Gasteiger partial charge is 0.129 e. The van der Waals surface area contributed by atoms with Crippen LogP contribution < -0.4 is 5.73 Å². The quantitative estimate of drug-likeness (QED) is 0.767. The lowest BCUT2D eigenvalue weighted by atomic mass is 10.0. The van der Waals surface area contributed by atoms with Crippen molar-refractivity contribution in [3.63, 3.8) is 0 Å². The predicted octanol–water partition coefficient (Wildman–Crippen LogP) is 1.26. The number of rotatable bonds is 2. The second-order valence-electron chi connectivity index (χ2n) is 3.99. The molecule has 1 aliphatic heterocycles. The third-order valence-corrected chi connectivity index (χ3v) is 2.81. The van der Waals surface area contributed by atoms with Gasteiger partial charge in [0.05, 0.1) is 12.2 Å². The number of aliphatic hydroxyl groups excluding tert-OH is 1. The molecule has 0 bridgehead atoms. The van der Waals surface area contributed by atoms with Crippen LogP contribution >= 0.6 is 0 Å². The molecule has 0 aromatic carbocycles. The van der Waals surface area contributed by atoms with Crippen molar-refractivity contribution in [3.05, 3.63) is 23.9 Å². The lowest BCUT2D eigenvalue weighted by molar-refractivity contribution is -0.0295. The van der Waals surface area contributed by atoms with Crippen molar-refractivity contribution in [2.24, 2.45) is 0 Å². The van der Waals surface area contributed by atoms with Gasteiger partial charge in [-0.25, -0.2) is 4.98 Å². The molecular weight excluding hydrogens is 192 g/mol. The zero-order chi connectivity index (χ0) is 10.8. The molecule has 0 radical (unpaired) electrons. The molecule has 15 heavy (non-hydrogen) atoms. The Balaban J connectivity index is 2.14. The number of anilines is 1. The van der Waals surface area contributed by atoms with Crippen LogP contribution in [-0.4, -0.2) is 22.3 Å². The van der Waals surface area contributed by atoms with Crippen molar-refractivity contribution in [1.29, 1.82) is 0 Å². The molecule has 82 valence electrons. The maximum absolute atomic E-state index is 10.1. The minimum absolute atomic E-state index is 0.147. The molecule has 3 unspecified atom stereocenters. The lowest BCUT2D eigenvalue weighted by Gasteiger charge is -2.19. The minimum Gasteiger partial charge on any atom is -0.386 e. The summed E-state index contributed by atoms with van der Waals surface area (Å²) < 4.78 is 5.60. The number of aliphatic hydroxyl groups is 1. The van der Waals surface area contributed by atoms with E-state index in [0.29, 0.717) is 11.4 Å². The molecule has 1 aromatic heterocycles. The number of aromatic nitrogens is 1. The monoisotopic (exact) mass is 208 g/mol. The van der Waals surface area contributed by atoms with Crippen LogP contribution in [0.15, 0.2) is 18.3 Å². The zero-order valence-corrected chi connectivity index (χ0v) is 8.76. The number of hydrogen-bond donors (Lipinski definition) is 2. The first kappa shape index (κ1) is 10.4. The van der Waals surface area contributed by atoms with Gasteiger partial charge in [-0.15, -0.1) is 0 Å². The summed E-state index contributed by atoms with van der Waals surface area (Å²) in [7, 11) is 0. The number of hydrogen-bond acceptors (Lipinski definition) is 4. The first-order chi connectivity index (χ1) is 7.18. The second-order valence-corrected chi connectivity index (χ2v) is 3.99. The average Bonchev–Trinajstić information content (AvgIpc) is 2.65. The summed E-state index contributed by atoms with van der Waals surface area (Å²) in [5, 5.41) is 10.1. The summed E-state index contributed by atoms with van der Waals surface area (Å²) in [4.78, 5) is 3.95. The van der Waals surface area contributed by atoms with Gasteiger partial charge in [0, 0.05) is 11.8 Å². The van der Waals surface area contributed by atoms with E-state index in [1.807, 2.05) is 6.92 Å². The molecular formula is C11H16N2O2. The largest absolute Gasteiger partial charge is 0.386 e. The van der Waals surface area contributed by atoms with E-state index in [4.69, 9.17) is 10.5 Å². The van der Waals surface area contributed by atoms with Crippen LogP contribution in [0.4, 0.5) is 5.82 Å². The maximum atomic E-state index is 10.1. The van der Waals surface area contributed by atoms with Crippen molar-refractivity contribution in [2.45, 2.75) is 38.1 Å². The highest BCUT2D eigenvalue weighted by atomic mass is 16.5. The number of nitrogens with two attached hydrogens (primary N) is 1. The fourth-order valence-electron chi connectivity index (χ4n) is 1.95. The first-order valence-corrected chi connectivity index (χ1v) is 5.22. The normalized spacial score (nSPS) is 27.9. The van der Waals surface area contributed by atoms with E-state index >= 15 is 0 Å². The molecule has 0 aliphatic carbocycles. The van der Waals surface area contributed by atoms with Crippen LogP contribution in [0.3, 0.4) is 0 Å². The molecule has 2 heterocycles. The van der Waals surface area contributed by atoms with Gasteiger partial charge >= 0.3 is 0 Å². The molecule has 0 spiro atoms. The number of nitrogens with zero attached hydrogens (tertiary/aromatic N) is 1. The Bertz CT molecular complexity index is 343. The number of pyridine rings is 1. The highest BCUT2D eigenvalue weighted by molar-refractivity contribution is 5.40. The Morgan fingerprint density at radius 1 is 1.60 bits per heavy atom. The van der Waals surface area contributed by atoms with Crippen LogP contribution in [-0.2, 0) is 4.74 Å². The lowest BCUT2D eigenvalue weighted by Crippen LogP contribution is -2.20. The standard InChI is InChI=1S/C11H16N2O2/c1-7-4-5-9(15-7)10(14)8-3-2-6-13-11(8)12/h2-3,6-7,9-10,14H,4-5H2,1H3,(H2,12,13). The van der Waals surface area contributed by atoms with Gasteiger partial charge in [-0.1, -0.05) is 6.07 Å². The molecule has 4 nitrogen and oxygen atoms in total. The molecule has 1 fully saturated rings. The Morgan fingerprint density at radius 2 is 2.40 bits per heavy atom. The summed E-state index contributed by atoms with van der Waals surface area (Å²) in [6, 6.07) is 3.56. The van der Waals surface area contributed by atoms with Crippen LogP contribution in [0.5, 0.6) is 0 Å². The predicted molar refractivity (Wildman–Crippen MR) is 57.2 cm³/mol. The third-order valence-electron chi connectivity index (χ3n) is 2.81. The van der Waals surface area contributed by atoms with Crippen LogP contribution in [0, 0.1) is 0 Å². The van der Waals surface area contributed by atoms with Gasteiger partial charge in [-0.3, -0.25) is 0 Å². The van der Waals surface area contributed by atoms with Gasteiger partial charge < -0.3 is 15.6 Å². The molecule has 0 saturated carbocycles. The second kappa shape index (κ2) is 4.16. The summed E-state index contributed by atoms with van der Waals surface area (Å²) >= 11 is 0. The highest BCUT2D eigenvalue weighted by Gasteiger charge is 2.30. The van der Waals surface area contributed by atoms with Crippen molar-refractivity contribution in [2.75, 3.05) is 5.73 Å². The Kier molecular flexibility index (Phi) is 2.88. The molecule has 2 rings (SSSR count).